The minimum absolute atomic E-state index is 0. The van der Waals surface area contributed by atoms with Gasteiger partial charge in [0, 0.05) is 19.5 Å². The summed E-state index contributed by atoms with van der Waals surface area (Å²) in [6, 6.07) is 7.19. The zero-order valence-corrected chi connectivity index (χ0v) is 8.77. The van der Waals surface area contributed by atoms with Crippen LogP contribution in [0, 0.1) is 0 Å². The first kappa shape index (κ1) is 8.14. The third-order valence-corrected chi connectivity index (χ3v) is 1.33. The van der Waals surface area contributed by atoms with Gasteiger partial charge in [-0.1, -0.05) is 17.0 Å². The van der Waals surface area contributed by atoms with E-state index in [1.54, 1.807) is 12.1 Å². The predicted molar refractivity (Wildman–Crippen MR) is 34.7 cm³/mol. The van der Waals surface area contributed by atoms with Crippen LogP contribution in [-0.4, -0.2) is 20.4 Å². The van der Waals surface area contributed by atoms with Crippen LogP contribution in [0.1, 0.15) is 0 Å². The average Bonchev–Trinajstić information content (AvgIpc) is 2.34. The molecule has 1 heterocycles. The van der Waals surface area contributed by atoms with Crippen molar-refractivity contribution < 1.29 is 24.7 Å². The van der Waals surface area contributed by atoms with Crippen LogP contribution >= 0.6 is 0 Å². The van der Waals surface area contributed by atoms with Crippen molar-refractivity contribution in [3.05, 3.63) is 24.3 Å². The standard InChI is InChI=1S/C6H5N3O.Zn/c10-9-6-4-2-1-3-5(6)7-8-9;/h1-4,10H;. The molecule has 1 N–H and O–H groups in total. The van der Waals surface area contributed by atoms with Crippen LogP contribution < -0.4 is 0 Å². The fraction of sp³-hybridized carbons (Fsp3) is 0. The maximum atomic E-state index is 8.95. The second-order valence-electron chi connectivity index (χ2n) is 1.97. The van der Waals surface area contributed by atoms with Gasteiger partial charge >= 0.3 is 0 Å². The second-order valence-corrected chi connectivity index (χ2v) is 1.97. The Morgan fingerprint density at radius 3 is 2.73 bits per heavy atom. The summed E-state index contributed by atoms with van der Waals surface area (Å²) in [6.07, 6.45) is 0. The van der Waals surface area contributed by atoms with E-state index in [1.807, 2.05) is 12.1 Å². The molecule has 0 aliphatic carbocycles. The van der Waals surface area contributed by atoms with Crippen LogP contribution in [-0.2, 0) is 19.5 Å². The summed E-state index contributed by atoms with van der Waals surface area (Å²) in [4.78, 5) is 0.759. The molecule has 0 saturated heterocycles. The number of hydrogen-bond donors (Lipinski definition) is 1. The van der Waals surface area contributed by atoms with Gasteiger partial charge in [-0.3, -0.25) is 0 Å². The molecule has 1 aromatic carbocycles. The first-order chi connectivity index (χ1) is 4.88. The first-order valence-electron chi connectivity index (χ1n) is 2.87. The molecule has 11 heavy (non-hydrogen) atoms. The molecule has 1 aromatic heterocycles. The van der Waals surface area contributed by atoms with E-state index in [4.69, 9.17) is 5.21 Å². The zero-order valence-electron chi connectivity index (χ0n) is 5.81. The molecule has 0 aliphatic heterocycles. The number of benzene rings is 1. The number of nitrogens with zero attached hydrogens (tertiary/aromatic N) is 3. The minimum Gasteiger partial charge on any atom is -0.410 e. The van der Waals surface area contributed by atoms with Gasteiger partial charge in [0.15, 0.2) is 0 Å². The average molecular weight is 201 g/mol. The van der Waals surface area contributed by atoms with E-state index < -0.39 is 0 Å². The van der Waals surface area contributed by atoms with Crippen molar-refractivity contribution in [3.8, 4) is 0 Å². The second kappa shape index (κ2) is 2.97. The number of aromatic nitrogens is 3. The Bertz CT molecular complexity index is 359. The van der Waals surface area contributed by atoms with Crippen molar-refractivity contribution in [1.82, 2.24) is 15.2 Å². The monoisotopic (exact) mass is 199 g/mol. The first-order valence-corrected chi connectivity index (χ1v) is 2.87. The van der Waals surface area contributed by atoms with Crippen molar-refractivity contribution in [2.24, 2.45) is 0 Å². The summed E-state index contributed by atoms with van der Waals surface area (Å²) >= 11 is 0. The van der Waals surface area contributed by atoms with Gasteiger partial charge in [-0.15, -0.1) is 5.10 Å². The number of para-hydroxylation sites is 1. The Balaban J connectivity index is 0.000000605. The zero-order chi connectivity index (χ0) is 6.97. The Kier molecular flexibility index (Phi) is 2.20. The molecular weight excluding hydrogens is 195 g/mol. The van der Waals surface area contributed by atoms with Gasteiger partial charge in [0.05, 0.1) is 0 Å². The summed E-state index contributed by atoms with van der Waals surface area (Å²) in [6.45, 7) is 0. The van der Waals surface area contributed by atoms with Crippen molar-refractivity contribution in [2.75, 3.05) is 0 Å². The van der Waals surface area contributed by atoms with Crippen molar-refractivity contribution in [2.45, 2.75) is 0 Å². The van der Waals surface area contributed by atoms with E-state index in [1.165, 1.54) is 0 Å². The predicted octanol–water partition coefficient (Wildman–Crippen LogP) is 0.666. The molecule has 0 amide bonds. The Hall–Kier alpha value is -0.957. The SMILES string of the molecule is On1nnc2ccccc21.[Zn]. The van der Waals surface area contributed by atoms with Crippen LogP contribution in [0.3, 0.4) is 0 Å². The summed E-state index contributed by atoms with van der Waals surface area (Å²) in [5.74, 6) is 0. The number of fused-ring (bicyclic) bond motifs is 1. The van der Waals surface area contributed by atoms with Gasteiger partial charge in [-0.05, 0) is 17.3 Å². The molecule has 0 bridgehead atoms. The van der Waals surface area contributed by atoms with Gasteiger partial charge in [0.2, 0.25) is 0 Å². The topological polar surface area (TPSA) is 50.9 Å². The Morgan fingerprint density at radius 2 is 2.00 bits per heavy atom. The van der Waals surface area contributed by atoms with Crippen LogP contribution in [0.15, 0.2) is 24.3 Å². The van der Waals surface area contributed by atoms with Crippen molar-refractivity contribution in [3.63, 3.8) is 0 Å². The maximum absolute atomic E-state index is 8.95. The summed E-state index contributed by atoms with van der Waals surface area (Å²) in [7, 11) is 0. The molecule has 0 aliphatic rings. The largest absolute Gasteiger partial charge is 0.410 e. The van der Waals surface area contributed by atoms with E-state index in [0.29, 0.717) is 11.0 Å². The maximum Gasteiger partial charge on any atom is 0.130 e. The summed E-state index contributed by atoms with van der Waals surface area (Å²) in [5, 5.41) is 16.1. The fourth-order valence-electron chi connectivity index (χ4n) is 0.857. The van der Waals surface area contributed by atoms with Crippen molar-refractivity contribution >= 4 is 11.0 Å². The van der Waals surface area contributed by atoms with E-state index in [9.17, 15) is 0 Å². The Morgan fingerprint density at radius 1 is 1.27 bits per heavy atom. The van der Waals surface area contributed by atoms with Crippen LogP contribution in [0.2, 0.25) is 0 Å². The smallest absolute Gasteiger partial charge is 0.130 e. The van der Waals surface area contributed by atoms with Crippen LogP contribution in [0.25, 0.3) is 11.0 Å². The number of hydrogen-bond acceptors (Lipinski definition) is 3. The fourth-order valence-corrected chi connectivity index (χ4v) is 0.857. The molecule has 0 fully saturated rings. The van der Waals surface area contributed by atoms with Gasteiger partial charge in [0.1, 0.15) is 11.0 Å². The quantitative estimate of drug-likeness (QED) is 0.502. The summed E-state index contributed by atoms with van der Waals surface area (Å²) < 4.78 is 0. The van der Waals surface area contributed by atoms with Gasteiger partial charge in [0.25, 0.3) is 0 Å². The van der Waals surface area contributed by atoms with E-state index in [2.05, 4.69) is 10.3 Å². The van der Waals surface area contributed by atoms with Gasteiger partial charge < -0.3 is 5.21 Å². The molecule has 52 valence electrons. The molecule has 0 spiro atoms. The molecule has 4 nitrogen and oxygen atoms in total. The molecule has 2 aromatic rings. The minimum atomic E-state index is 0. The molecular formula is C6H5N3OZn. The summed E-state index contributed by atoms with van der Waals surface area (Å²) in [5.41, 5.74) is 1.33. The van der Waals surface area contributed by atoms with E-state index >= 15 is 0 Å². The molecule has 5 heteroatoms. The van der Waals surface area contributed by atoms with Crippen molar-refractivity contribution in [1.29, 1.82) is 0 Å². The third-order valence-electron chi connectivity index (χ3n) is 1.33. The third kappa shape index (κ3) is 1.24. The van der Waals surface area contributed by atoms with E-state index in [0.717, 1.165) is 4.85 Å². The van der Waals surface area contributed by atoms with Gasteiger partial charge in [-0.2, -0.15) is 0 Å². The van der Waals surface area contributed by atoms with Crippen LogP contribution in [0.4, 0.5) is 0 Å². The Labute approximate surface area is 75.5 Å². The van der Waals surface area contributed by atoms with Crippen LogP contribution in [0.5, 0.6) is 0 Å². The molecule has 0 atom stereocenters. The molecule has 0 unspecified atom stereocenters. The van der Waals surface area contributed by atoms with E-state index in [-0.39, 0.29) is 19.5 Å². The van der Waals surface area contributed by atoms with Gasteiger partial charge in [-0.25, -0.2) is 0 Å². The number of rotatable bonds is 0. The molecule has 0 radical (unpaired) electrons. The molecule has 0 saturated carbocycles. The molecule has 2 rings (SSSR count). The normalized spacial score (nSPS) is 9.45.